The highest BCUT2D eigenvalue weighted by Gasteiger charge is 2.19. The normalized spacial score (nSPS) is 13.0. The highest BCUT2D eigenvalue weighted by atomic mass is 35.5. The monoisotopic (exact) mass is 1040 g/mol. The Hall–Kier alpha value is -8.42. The number of fused-ring (bicyclic) bond motifs is 2. The molecule has 380 valence electrons. The number of hydrogen-bond acceptors (Lipinski definition) is 13. The van der Waals surface area contributed by atoms with Gasteiger partial charge >= 0.3 is 0 Å². The zero-order chi connectivity index (χ0) is 51.1. The Balaban J connectivity index is 0.000000197. The van der Waals surface area contributed by atoms with E-state index in [-0.39, 0.29) is 36.5 Å². The number of aromatic nitrogens is 6. The number of allylic oxidation sites excluding steroid dienone is 1. The molecule has 7 N–H and O–H groups in total. The standard InChI is InChI=1S/C27H26N6O3.C24H24N6O2.C3H3ClO.ClH/c1-2-24(34)30-20-7-3-18(4-8-20)15-25(35)31-21-9-5-19(6-10-21)23-16-22-26(32-23)28-17-29-27(22)33-11-13-36-14-12-33;25-18-5-1-16(2-6-18)13-22(31)28-19-7-3-17(4-8-19)21-14-20-23(29-21)26-15-27-24(20)30-9-11-32-12-10-30;1-2-3(4)5;/h2-10,16-17H,1,11-15H2,(H,30,34)(H,31,35)(H,28,29,32);1-8,14-15H,9-13,25H2,(H,28,31)(H,26,27,29);2H,1H2;1H. The topological polar surface area (TPSA) is 238 Å². The SMILES string of the molecule is C=CC(=O)Cl.C=CC(=O)Nc1ccc(CC(=O)Nc2ccc(-c3cc4c(N5CCOCC5)ncnc4[nH]3)cc2)cc1.Cl.Nc1ccc(CC(=O)Nc2ccc(-c3cc4c(N5CCOCC5)ncnc4[nH]3)cc2)cc1. The van der Waals surface area contributed by atoms with Crippen LogP contribution in [0.2, 0.25) is 0 Å². The number of amides is 3. The molecular weight excluding hydrogens is 984 g/mol. The van der Waals surface area contributed by atoms with E-state index >= 15 is 0 Å². The fraction of sp³-hybridized carbons (Fsp3) is 0.185. The molecule has 20 heteroatoms. The first-order chi connectivity index (χ1) is 35.5. The van der Waals surface area contributed by atoms with Gasteiger partial charge in [-0.15, -0.1) is 12.4 Å². The van der Waals surface area contributed by atoms with Crippen LogP contribution in [0.25, 0.3) is 44.6 Å². The highest BCUT2D eigenvalue weighted by molar-refractivity contribution is 6.66. The lowest BCUT2D eigenvalue weighted by atomic mass is 10.1. The summed E-state index contributed by atoms with van der Waals surface area (Å²) in [7, 11) is 0. The molecule has 0 saturated carbocycles. The van der Waals surface area contributed by atoms with Crippen molar-refractivity contribution < 1.29 is 28.7 Å². The van der Waals surface area contributed by atoms with E-state index in [1.165, 1.54) is 6.08 Å². The number of nitrogens with two attached hydrogens (primary N) is 1. The molecule has 0 aliphatic carbocycles. The van der Waals surface area contributed by atoms with Gasteiger partial charge in [0.15, 0.2) is 0 Å². The number of halogens is 2. The maximum Gasteiger partial charge on any atom is 0.247 e. The Kier molecular flexibility index (Phi) is 18.6. The van der Waals surface area contributed by atoms with E-state index in [4.69, 9.17) is 26.8 Å². The van der Waals surface area contributed by atoms with E-state index in [1.807, 2.05) is 72.8 Å². The summed E-state index contributed by atoms with van der Waals surface area (Å²) in [6.45, 7) is 12.5. The van der Waals surface area contributed by atoms with Crippen molar-refractivity contribution in [2.75, 3.05) is 84.1 Å². The third-order valence-electron chi connectivity index (χ3n) is 11.7. The number of carbonyl (C=O) groups is 4. The third-order valence-corrected chi connectivity index (χ3v) is 11.8. The second kappa shape index (κ2) is 25.8. The fourth-order valence-corrected chi connectivity index (χ4v) is 8.00. The van der Waals surface area contributed by atoms with Crippen LogP contribution in [-0.4, -0.2) is 105 Å². The van der Waals surface area contributed by atoms with Gasteiger partial charge in [0, 0.05) is 60.3 Å². The van der Waals surface area contributed by atoms with Crippen LogP contribution in [0.3, 0.4) is 0 Å². The lowest BCUT2D eigenvalue weighted by Crippen LogP contribution is -2.36. The van der Waals surface area contributed by atoms with E-state index < -0.39 is 5.24 Å². The molecular formula is C54H54Cl2N12O6. The van der Waals surface area contributed by atoms with Crippen LogP contribution in [0.1, 0.15) is 11.1 Å². The number of nitrogen functional groups attached to an aromatic ring is 1. The summed E-state index contributed by atoms with van der Waals surface area (Å²) >= 11 is 4.71. The first-order valence-corrected chi connectivity index (χ1v) is 23.7. The van der Waals surface area contributed by atoms with Crippen LogP contribution in [0.5, 0.6) is 0 Å². The summed E-state index contributed by atoms with van der Waals surface area (Å²) in [4.78, 5) is 74.7. The minimum atomic E-state index is -0.509. The average molecular weight is 1040 g/mol. The number of carbonyl (C=O) groups excluding carboxylic acids is 4. The number of rotatable bonds is 13. The van der Waals surface area contributed by atoms with E-state index in [1.54, 1.807) is 36.9 Å². The van der Waals surface area contributed by atoms with Crippen LogP contribution in [0, 0.1) is 0 Å². The molecule has 2 fully saturated rings. The quantitative estimate of drug-likeness (QED) is 0.0362. The van der Waals surface area contributed by atoms with Gasteiger partial charge in [-0.05, 0) is 107 Å². The minimum absolute atomic E-state index is 0. The summed E-state index contributed by atoms with van der Waals surface area (Å²) in [6.07, 6.45) is 5.95. The lowest BCUT2D eigenvalue weighted by Gasteiger charge is -2.27. The van der Waals surface area contributed by atoms with E-state index in [0.29, 0.717) is 49.9 Å². The molecule has 10 rings (SSSR count). The minimum Gasteiger partial charge on any atom is -0.399 e. The zero-order valence-corrected chi connectivity index (χ0v) is 41.8. The molecule has 0 spiro atoms. The van der Waals surface area contributed by atoms with Gasteiger partial charge in [-0.3, -0.25) is 19.2 Å². The van der Waals surface area contributed by atoms with Crippen molar-refractivity contribution in [3.05, 3.63) is 158 Å². The molecule has 4 aromatic carbocycles. The Bertz CT molecular complexity index is 3210. The van der Waals surface area contributed by atoms with Crippen molar-refractivity contribution in [3.8, 4) is 22.5 Å². The summed E-state index contributed by atoms with van der Waals surface area (Å²) < 4.78 is 10.9. The summed E-state index contributed by atoms with van der Waals surface area (Å²) in [5, 5.41) is 10.0. The predicted octanol–water partition coefficient (Wildman–Crippen LogP) is 8.35. The molecule has 8 aromatic rings. The van der Waals surface area contributed by atoms with Crippen LogP contribution in [0.4, 0.5) is 34.4 Å². The zero-order valence-electron chi connectivity index (χ0n) is 40.2. The number of morpholine rings is 2. The summed E-state index contributed by atoms with van der Waals surface area (Å²) in [6, 6.07) is 34.0. The molecule has 74 heavy (non-hydrogen) atoms. The van der Waals surface area contributed by atoms with Crippen molar-refractivity contribution in [3.63, 3.8) is 0 Å². The fourth-order valence-electron chi connectivity index (χ4n) is 8.00. The van der Waals surface area contributed by atoms with Crippen LogP contribution >= 0.6 is 24.0 Å². The van der Waals surface area contributed by atoms with Crippen LogP contribution in [-0.2, 0) is 41.5 Å². The molecule has 3 amide bonds. The van der Waals surface area contributed by atoms with Crippen LogP contribution in [0.15, 0.2) is 147 Å². The van der Waals surface area contributed by atoms with E-state index in [0.717, 1.165) is 105 Å². The number of anilines is 6. The maximum absolute atomic E-state index is 12.5. The Morgan fingerprint density at radius 2 is 0.959 bits per heavy atom. The number of H-pyrrole nitrogens is 2. The second-order valence-corrected chi connectivity index (χ2v) is 17.1. The molecule has 6 heterocycles. The van der Waals surface area contributed by atoms with Crippen LogP contribution < -0.4 is 31.5 Å². The first kappa shape index (κ1) is 53.4. The van der Waals surface area contributed by atoms with Crippen molar-refractivity contribution >= 4 is 103 Å². The molecule has 0 radical (unpaired) electrons. The van der Waals surface area contributed by atoms with Gasteiger partial charge in [-0.25, -0.2) is 19.9 Å². The third kappa shape index (κ3) is 14.4. The van der Waals surface area contributed by atoms with Crippen molar-refractivity contribution in [2.24, 2.45) is 0 Å². The number of aromatic amines is 2. The highest BCUT2D eigenvalue weighted by Crippen LogP contribution is 2.31. The molecule has 0 bridgehead atoms. The number of nitrogens with zero attached hydrogens (tertiary/aromatic N) is 6. The second-order valence-electron chi connectivity index (χ2n) is 16.7. The maximum atomic E-state index is 12.5. The van der Waals surface area contributed by atoms with Gasteiger partial charge in [0.05, 0.1) is 50.0 Å². The summed E-state index contributed by atoms with van der Waals surface area (Å²) in [5.41, 5.74) is 15.7. The van der Waals surface area contributed by atoms with Gasteiger partial charge in [0.25, 0.3) is 0 Å². The Labute approximate surface area is 437 Å². The lowest BCUT2D eigenvalue weighted by molar-refractivity contribution is -0.116. The number of nitrogens with one attached hydrogen (secondary N) is 5. The Morgan fingerprint density at radius 1 is 0.581 bits per heavy atom. The molecule has 2 saturated heterocycles. The first-order valence-electron chi connectivity index (χ1n) is 23.3. The molecule has 18 nitrogen and oxygen atoms in total. The largest absolute Gasteiger partial charge is 0.399 e. The van der Waals surface area contributed by atoms with Crippen molar-refractivity contribution in [1.82, 2.24) is 29.9 Å². The van der Waals surface area contributed by atoms with E-state index in [2.05, 4.69) is 80.9 Å². The van der Waals surface area contributed by atoms with E-state index in [9.17, 15) is 19.2 Å². The molecule has 2 aliphatic heterocycles. The van der Waals surface area contributed by atoms with Gasteiger partial charge in [-0.2, -0.15) is 0 Å². The average Bonchev–Trinajstić information content (AvgIpc) is 4.07. The van der Waals surface area contributed by atoms with Gasteiger partial charge < -0.3 is 50.9 Å². The smallest absolute Gasteiger partial charge is 0.247 e. The van der Waals surface area contributed by atoms with Crippen molar-refractivity contribution in [2.45, 2.75) is 12.8 Å². The number of benzene rings is 4. The number of ether oxygens (including phenoxy) is 2. The van der Waals surface area contributed by atoms with Gasteiger partial charge in [0.1, 0.15) is 35.6 Å². The number of hydrogen-bond donors (Lipinski definition) is 6. The molecule has 0 atom stereocenters. The summed E-state index contributed by atoms with van der Waals surface area (Å²) in [5.74, 6) is 1.36. The van der Waals surface area contributed by atoms with Gasteiger partial charge in [0.2, 0.25) is 23.0 Å². The molecule has 0 unspecified atom stereocenters. The molecule has 2 aliphatic rings. The van der Waals surface area contributed by atoms with Crippen molar-refractivity contribution in [1.29, 1.82) is 0 Å². The Morgan fingerprint density at radius 3 is 1.35 bits per heavy atom. The molecule has 4 aromatic heterocycles. The predicted molar refractivity (Wildman–Crippen MR) is 294 cm³/mol. The van der Waals surface area contributed by atoms with Gasteiger partial charge in [-0.1, -0.05) is 61.7 Å².